The molecule has 0 aromatic heterocycles. The lowest BCUT2D eigenvalue weighted by Gasteiger charge is -2.28. The van der Waals surface area contributed by atoms with Gasteiger partial charge in [-0.3, -0.25) is 0 Å². The van der Waals surface area contributed by atoms with E-state index in [1.807, 2.05) is 0 Å². The Hall–Kier alpha value is -1.46. The van der Waals surface area contributed by atoms with Crippen molar-refractivity contribution in [2.45, 2.75) is 23.8 Å². The lowest BCUT2D eigenvalue weighted by molar-refractivity contribution is 0.113. The van der Waals surface area contributed by atoms with Crippen LogP contribution in [0.3, 0.4) is 0 Å². The molecule has 5 nitrogen and oxygen atoms in total. The van der Waals surface area contributed by atoms with E-state index in [1.165, 1.54) is 16.4 Å². The van der Waals surface area contributed by atoms with Crippen molar-refractivity contribution in [2.75, 3.05) is 19.7 Å². The first-order valence-corrected chi connectivity index (χ1v) is 7.96. The predicted molar refractivity (Wildman–Crippen MR) is 74.4 cm³/mol. The lowest BCUT2D eigenvalue weighted by Crippen LogP contribution is -2.40. The second-order valence-electron chi connectivity index (χ2n) is 4.74. The summed E-state index contributed by atoms with van der Waals surface area (Å²) >= 11 is 0. The van der Waals surface area contributed by atoms with Gasteiger partial charge in [0.05, 0.1) is 6.10 Å². The summed E-state index contributed by atoms with van der Waals surface area (Å²) in [5, 5.41) is 18.0. The molecule has 0 radical (unpaired) electrons. The number of hydrogen-bond acceptors (Lipinski definition) is 4. The number of benzene rings is 1. The molecule has 1 aromatic rings. The molecule has 1 saturated heterocycles. The molecule has 0 unspecified atom stereocenters. The summed E-state index contributed by atoms with van der Waals surface area (Å²) in [5.74, 6) is 4.02. The Kier molecular flexibility index (Phi) is 4.96. The van der Waals surface area contributed by atoms with Crippen molar-refractivity contribution in [3.05, 3.63) is 29.6 Å². The number of aliphatic hydroxyl groups excluding tert-OH is 2. The Morgan fingerprint density at radius 1 is 1.33 bits per heavy atom. The maximum absolute atomic E-state index is 14.0. The Morgan fingerprint density at radius 3 is 2.57 bits per heavy atom. The van der Waals surface area contributed by atoms with Gasteiger partial charge in [0.2, 0.25) is 10.0 Å². The SMILES string of the molecule is O=S(=O)(c1ccc(C#CCO)cc1F)N1CCC(O)CC1. The van der Waals surface area contributed by atoms with Gasteiger partial charge in [-0.05, 0) is 31.0 Å². The molecular formula is C14H16FNO4S. The van der Waals surface area contributed by atoms with E-state index < -0.39 is 26.8 Å². The topological polar surface area (TPSA) is 77.8 Å². The molecule has 1 fully saturated rings. The third kappa shape index (κ3) is 3.60. The molecule has 7 heteroatoms. The number of nitrogens with zero attached hydrogens (tertiary/aromatic N) is 1. The molecule has 1 aliphatic rings. The Morgan fingerprint density at radius 2 is 2.00 bits per heavy atom. The lowest BCUT2D eigenvalue weighted by atomic mass is 10.1. The highest BCUT2D eigenvalue weighted by molar-refractivity contribution is 7.89. The summed E-state index contributed by atoms with van der Waals surface area (Å²) in [4.78, 5) is -0.395. The van der Waals surface area contributed by atoms with Crippen LogP contribution in [0, 0.1) is 17.7 Å². The van der Waals surface area contributed by atoms with Gasteiger partial charge in [0, 0.05) is 18.7 Å². The van der Waals surface area contributed by atoms with Crippen LogP contribution in [0.15, 0.2) is 23.1 Å². The standard InChI is InChI=1S/C14H16FNO4S/c15-13-10-11(2-1-9-17)3-4-14(13)21(19,20)16-7-5-12(18)6-8-16/h3-4,10,12,17-18H,5-9H2. The first-order valence-electron chi connectivity index (χ1n) is 6.52. The molecule has 2 rings (SSSR count). The van der Waals surface area contributed by atoms with E-state index >= 15 is 0 Å². The molecule has 0 atom stereocenters. The molecule has 0 saturated carbocycles. The van der Waals surface area contributed by atoms with Crippen molar-refractivity contribution in [1.29, 1.82) is 0 Å². The molecule has 1 heterocycles. The summed E-state index contributed by atoms with van der Waals surface area (Å²) in [7, 11) is -3.90. The molecule has 1 aliphatic heterocycles. The largest absolute Gasteiger partial charge is 0.393 e. The average Bonchev–Trinajstić information content (AvgIpc) is 2.45. The third-order valence-electron chi connectivity index (χ3n) is 3.28. The Labute approximate surface area is 123 Å². The Balaban J connectivity index is 2.28. The number of halogens is 1. The van der Waals surface area contributed by atoms with Crippen molar-refractivity contribution >= 4 is 10.0 Å². The average molecular weight is 313 g/mol. The number of piperidine rings is 1. The van der Waals surface area contributed by atoms with E-state index in [4.69, 9.17) is 5.11 Å². The van der Waals surface area contributed by atoms with E-state index in [1.54, 1.807) is 0 Å². The van der Waals surface area contributed by atoms with Crippen molar-refractivity contribution in [1.82, 2.24) is 4.31 Å². The van der Waals surface area contributed by atoms with Crippen LogP contribution in [-0.4, -0.2) is 48.7 Å². The fourth-order valence-corrected chi connectivity index (χ4v) is 3.67. The maximum Gasteiger partial charge on any atom is 0.245 e. The van der Waals surface area contributed by atoms with Crippen LogP contribution in [-0.2, 0) is 10.0 Å². The van der Waals surface area contributed by atoms with Crippen LogP contribution >= 0.6 is 0 Å². The highest BCUT2D eigenvalue weighted by atomic mass is 32.2. The van der Waals surface area contributed by atoms with Gasteiger partial charge < -0.3 is 10.2 Å². The van der Waals surface area contributed by atoms with Crippen LogP contribution in [0.2, 0.25) is 0 Å². The van der Waals surface area contributed by atoms with Gasteiger partial charge in [-0.25, -0.2) is 12.8 Å². The highest BCUT2D eigenvalue weighted by Gasteiger charge is 2.30. The summed E-state index contributed by atoms with van der Waals surface area (Å²) < 4.78 is 39.9. The quantitative estimate of drug-likeness (QED) is 0.771. The summed E-state index contributed by atoms with van der Waals surface area (Å²) in [6.07, 6.45) is 0.194. The molecular weight excluding hydrogens is 297 g/mol. The van der Waals surface area contributed by atoms with E-state index in [-0.39, 0.29) is 19.7 Å². The highest BCUT2D eigenvalue weighted by Crippen LogP contribution is 2.23. The van der Waals surface area contributed by atoms with Gasteiger partial charge in [0.15, 0.2) is 0 Å². The van der Waals surface area contributed by atoms with E-state index in [0.29, 0.717) is 18.4 Å². The molecule has 21 heavy (non-hydrogen) atoms. The van der Waals surface area contributed by atoms with Gasteiger partial charge in [-0.1, -0.05) is 11.8 Å². The predicted octanol–water partition coefficient (Wildman–Crippen LogP) is 0.315. The maximum atomic E-state index is 14.0. The molecule has 0 bridgehead atoms. The monoisotopic (exact) mass is 313 g/mol. The number of aliphatic hydroxyl groups is 2. The van der Waals surface area contributed by atoms with E-state index in [2.05, 4.69) is 11.8 Å². The Bertz CT molecular complexity index is 670. The zero-order chi connectivity index (χ0) is 15.5. The second-order valence-corrected chi connectivity index (χ2v) is 6.65. The normalized spacial score (nSPS) is 17.3. The van der Waals surface area contributed by atoms with Gasteiger partial charge >= 0.3 is 0 Å². The number of sulfonamides is 1. The fourth-order valence-electron chi connectivity index (χ4n) is 2.15. The molecule has 1 aromatic carbocycles. The van der Waals surface area contributed by atoms with Crippen molar-refractivity contribution < 1.29 is 23.0 Å². The van der Waals surface area contributed by atoms with Crippen LogP contribution in [0.5, 0.6) is 0 Å². The summed E-state index contributed by atoms with van der Waals surface area (Å²) in [5.41, 5.74) is 0.301. The molecule has 0 amide bonds. The summed E-state index contributed by atoms with van der Waals surface area (Å²) in [6.45, 7) is 0.00178. The number of hydrogen-bond donors (Lipinski definition) is 2. The zero-order valence-electron chi connectivity index (χ0n) is 11.3. The molecule has 114 valence electrons. The third-order valence-corrected chi connectivity index (χ3v) is 5.22. The van der Waals surface area contributed by atoms with Gasteiger partial charge in [0.25, 0.3) is 0 Å². The minimum atomic E-state index is -3.90. The number of rotatable bonds is 2. The van der Waals surface area contributed by atoms with Crippen LogP contribution in [0.1, 0.15) is 18.4 Å². The molecule has 0 aliphatic carbocycles. The fraction of sp³-hybridized carbons (Fsp3) is 0.429. The first kappa shape index (κ1) is 15.9. The molecule has 0 spiro atoms. The van der Waals surface area contributed by atoms with E-state index in [9.17, 15) is 17.9 Å². The minimum Gasteiger partial charge on any atom is -0.393 e. The van der Waals surface area contributed by atoms with Crippen molar-refractivity contribution in [3.63, 3.8) is 0 Å². The van der Waals surface area contributed by atoms with Gasteiger partial charge in [0.1, 0.15) is 17.3 Å². The second kappa shape index (κ2) is 6.54. The summed E-state index contributed by atoms with van der Waals surface area (Å²) in [6, 6.07) is 3.61. The van der Waals surface area contributed by atoms with Gasteiger partial charge in [-0.2, -0.15) is 4.31 Å². The minimum absolute atomic E-state index is 0.176. The molecule has 2 N–H and O–H groups in total. The van der Waals surface area contributed by atoms with E-state index in [0.717, 1.165) is 6.07 Å². The van der Waals surface area contributed by atoms with Crippen molar-refractivity contribution in [3.8, 4) is 11.8 Å². The van der Waals surface area contributed by atoms with Gasteiger partial charge in [-0.15, -0.1) is 0 Å². The van der Waals surface area contributed by atoms with Crippen LogP contribution < -0.4 is 0 Å². The van der Waals surface area contributed by atoms with Crippen LogP contribution in [0.4, 0.5) is 4.39 Å². The smallest absolute Gasteiger partial charge is 0.245 e. The van der Waals surface area contributed by atoms with Crippen molar-refractivity contribution in [2.24, 2.45) is 0 Å². The first-order chi connectivity index (χ1) is 9.95. The zero-order valence-corrected chi connectivity index (χ0v) is 12.1. The van der Waals surface area contributed by atoms with Crippen LogP contribution in [0.25, 0.3) is 0 Å².